The van der Waals surface area contributed by atoms with Gasteiger partial charge in [-0.05, 0) is 24.3 Å². The first-order valence-corrected chi connectivity index (χ1v) is 4.43. The molecule has 0 unspecified atom stereocenters. The van der Waals surface area contributed by atoms with E-state index in [0.29, 0.717) is 6.07 Å². The van der Waals surface area contributed by atoms with E-state index in [1.54, 1.807) is 6.07 Å². The number of ketones is 1. The standard InChI is InChI=1S/C11H6F3NO/c12-7-4-3-6(9(13)10(7)14)11(16)8-2-1-5-15-8/h1-5,15H. The summed E-state index contributed by atoms with van der Waals surface area (Å²) in [5.41, 5.74) is -0.383. The quantitative estimate of drug-likeness (QED) is 0.618. The molecule has 0 saturated heterocycles. The Kier molecular flexibility index (Phi) is 2.52. The molecule has 0 amide bonds. The van der Waals surface area contributed by atoms with Gasteiger partial charge in [0.15, 0.2) is 17.5 Å². The molecule has 0 fully saturated rings. The topological polar surface area (TPSA) is 32.9 Å². The Balaban J connectivity index is 2.50. The summed E-state index contributed by atoms with van der Waals surface area (Å²) in [6.45, 7) is 0. The Morgan fingerprint density at radius 2 is 1.81 bits per heavy atom. The smallest absolute Gasteiger partial charge is 0.212 e. The molecule has 0 bridgehead atoms. The van der Waals surface area contributed by atoms with Gasteiger partial charge < -0.3 is 4.98 Å². The van der Waals surface area contributed by atoms with Crippen LogP contribution < -0.4 is 0 Å². The normalized spacial score (nSPS) is 10.4. The molecule has 0 aliphatic carbocycles. The molecule has 2 rings (SSSR count). The number of carbonyl (C=O) groups is 1. The molecule has 0 saturated carbocycles. The molecule has 0 radical (unpaired) electrons. The third-order valence-corrected chi connectivity index (χ3v) is 2.12. The van der Waals surface area contributed by atoms with Crippen molar-refractivity contribution in [3.8, 4) is 0 Å². The summed E-state index contributed by atoms with van der Waals surface area (Å²) < 4.78 is 38.8. The van der Waals surface area contributed by atoms with E-state index in [0.717, 1.165) is 6.07 Å². The number of H-pyrrole nitrogens is 1. The Bertz CT molecular complexity index is 534. The van der Waals surface area contributed by atoms with Crippen molar-refractivity contribution in [2.45, 2.75) is 0 Å². The van der Waals surface area contributed by atoms with Gasteiger partial charge >= 0.3 is 0 Å². The van der Waals surface area contributed by atoms with Gasteiger partial charge in [0, 0.05) is 6.20 Å². The summed E-state index contributed by atoms with van der Waals surface area (Å²) >= 11 is 0. The summed E-state index contributed by atoms with van der Waals surface area (Å²) in [6, 6.07) is 4.60. The zero-order valence-electron chi connectivity index (χ0n) is 7.93. The number of hydrogen-bond donors (Lipinski definition) is 1. The fraction of sp³-hybridized carbons (Fsp3) is 0. The molecular formula is C11H6F3NO. The van der Waals surface area contributed by atoms with Crippen LogP contribution in [-0.4, -0.2) is 10.8 Å². The number of aromatic amines is 1. The maximum atomic E-state index is 13.3. The Labute approximate surface area is 88.7 Å². The molecule has 1 aromatic heterocycles. The highest BCUT2D eigenvalue weighted by Crippen LogP contribution is 2.17. The average molecular weight is 225 g/mol. The Morgan fingerprint density at radius 3 is 2.44 bits per heavy atom. The second-order valence-corrected chi connectivity index (χ2v) is 3.14. The van der Waals surface area contributed by atoms with E-state index in [4.69, 9.17) is 0 Å². The van der Waals surface area contributed by atoms with Crippen LogP contribution in [0.1, 0.15) is 16.1 Å². The van der Waals surface area contributed by atoms with Gasteiger partial charge in [-0.2, -0.15) is 0 Å². The molecular weight excluding hydrogens is 219 g/mol. The van der Waals surface area contributed by atoms with Crippen molar-refractivity contribution in [3.63, 3.8) is 0 Å². The summed E-state index contributed by atoms with van der Waals surface area (Å²) in [5, 5.41) is 0. The van der Waals surface area contributed by atoms with Gasteiger partial charge in [-0.25, -0.2) is 13.2 Å². The number of benzene rings is 1. The monoisotopic (exact) mass is 225 g/mol. The lowest BCUT2D eigenvalue weighted by Gasteiger charge is -2.02. The molecule has 1 N–H and O–H groups in total. The van der Waals surface area contributed by atoms with Gasteiger partial charge in [0.25, 0.3) is 0 Å². The van der Waals surface area contributed by atoms with Crippen LogP contribution in [0.25, 0.3) is 0 Å². The predicted molar refractivity (Wildman–Crippen MR) is 50.5 cm³/mol. The molecule has 5 heteroatoms. The van der Waals surface area contributed by atoms with Crippen molar-refractivity contribution in [2.75, 3.05) is 0 Å². The fourth-order valence-corrected chi connectivity index (χ4v) is 1.32. The molecule has 82 valence electrons. The maximum Gasteiger partial charge on any atom is 0.212 e. The van der Waals surface area contributed by atoms with E-state index in [1.165, 1.54) is 12.3 Å². The zero-order valence-corrected chi connectivity index (χ0v) is 7.93. The van der Waals surface area contributed by atoms with Gasteiger partial charge in [-0.3, -0.25) is 4.79 Å². The van der Waals surface area contributed by atoms with E-state index >= 15 is 0 Å². The first kappa shape index (κ1) is 10.5. The molecule has 1 aromatic carbocycles. The van der Waals surface area contributed by atoms with Crippen LogP contribution in [0, 0.1) is 17.5 Å². The number of hydrogen-bond acceptors (Lipinski definition) is 1. The van der Waals surface area contributed by atoms with Crippen molar-refractivity contribution < 1.29 is 18.0 Å². The van der Waals surface area contributed by atoms with Gasteiger partial charge in [0.1, 0.15) is 0 Å². The minimum absolute atomic E-state index is 0.116. The van der Waals surface area contributed by atoms with Crippen molar-refractivity contribution in [3.05, 3.63) is 59.2 Å². The first-order chi connectivity index (χ1) is 7.61. The fourth-order valence-electron chi connectivity index (χ4n) is 1.32. The highest BCUT2D eigenvalue weighted by atomic mass is 19.2. The predicted octanol–water partition coefficient (Wildman–Crippen LogP) is 2.66. The summed E-state index contributed by atoms with van der Waals surface area (Å²) in [6.07, 6.45) is 1.48. The Hall–Kier alpha value is -2.04. The SMILES string of the molecule is O=C(c1ccc[nH]1)c1ccc(F)c(F)c1F. The molecule has 0 aliphatic rings. The third kappa shape index (κ3) is 1.60. The third-order valence-electron chi connectivity index (χ3n) is 2.12. The van der Waals surface area contributed by atoms with E-state index in [1.807, 2.05) is 0 Å². The van der Waals surface area contributed by atoms with Crippen LogP contribution in [0.4, 0.5) is 13.2 Å². The largest absolute Gasteiger partial charge is 0.359 e. The molecule has 0 atom stereocenters. The summed E-state index contributed by atoms with van der Waals surface area (Å²) in [7, 11) is 0. The number of aromatic nitrogens is 1. The lowest BCUT2D eigenvalue weighted by molar-refractivity contribution is 0.103. The van der Waals surface area contributed by atoms with E-state index < -0.39 is 28.8 Å². The number of nitrogens with one attached hydrogen (secondary N) is 1. The summed E-state index contributed by atoms with van der Waals surface area (Å²) in [5.74, 6) is -5.15. The molecule has 2 nitrogen and oxygen atoms in total. The van der Waals surface area contributed by atoms with Gasteiger partial charge in [0.05, 0.1) is 11.3 Å². The maximum absolute atomic E-state index is 13.3. The lowest BCUT2D eigenvalue weighted by atomic mass is 10.1. The number of rotatable bonds is 2. The molecule has 1 heterocycles. The lowest BCUT2D eigenvalue weighted by Crippen LogP contribution is -2.07. The molecule has 0 spiro atoms. The van der Waals surface area contributed by atoms with E-state index in [-0.39, 0.29) is 5.69 Å². The van der Waals surface area contributed by atoms with Crippen LogP contribution in [0.5, 0.6) is 0 Å². The van der Waals surface area contributed by atoms with Gasteiger partial charge in [-0.15, -0.1) is 0 Å². The molecule has 16 heavy (non-hydrogen) atoms. The van der Waals surface area contributed by atoms with Crippen LogP contribution in [-0.2, 0) is 0 Å². The van der Waals surface area contributed by atoms with E-state index in [9.17, 15) is 18.0 Å². The van der Waals surface area contributed by atoms with Crippen LogP contribution in [0.3, 0.4) is 0 Å². The molecule has 0 aliphatic heterocycles. The van der Waals surface area contributed by atoms with Crippen LogP contribution in [0.15, 0.2) is 30.5 Å². The Morgan fingerprint density at radius 1 is 1.06 bits per heavy atom. The highest BCUT2D eigenvalue weighted by molar-refractivity contribution is 6.07. The zero-order chi connectivity index (χ0) is 11.7. The number of halogens is 3. The second kappa shape index (κ2) is 3.84. The minimum atomic E-state index is -1.64. The average Bonchev–Trinajstić information content (AvgIpc) is 2.79. The highest BCUT2D eigenvalue weighted by Gasteiger charge is 2.20. The first-order valence-electron chi connectivity index (χ1n) is 4.43. The molecule has 2 aromatic rings. The van der Waals surface area contributed by atoms with Crippen LogP contribution in [0.2, 0.25) is 0 Å². The van der Waals surface area contributed by atoms with E-state index in [2.05, 4.69) is 4.98 Å². The second-order valence-electron chi connectivity index (χ2n) is 3.14. The number of carbonyl (C=O) groups excluding carboxylic acids is 1. The summed E-state index contributed by atoms with van der Waals surface area (Å²) in [4.78, 5) is 14.2. The van der Waals surface area contributed by atoms with Gasteiger partial charge in [-0.1, -0.05) is 0 Å². The van der Waals surface area contributed by atoms with Crippen molar-refractivity contribution in [2.24, 2.45) is 0 Å². The van der Waals surface area contributed by atoms with Crippen LogP contribution >= 0.6 is 0 Å². The van der Waals surface area contributed by atoms with Gasteiger partial charge in [0.2, 0.25) is 5.78 Å². The van der Waals surface area contributed by atoms with Crippen molar-refractivity contribution in [1.82, 2.24) is 4.98 Å². The van der Waals surface area contributed by atoms with Crippen molar-refractivity contribution >= 4 is 5.78 Å². The minimum Gasteiger partial charge on any atom is -0.359 e. The van der Waals surface area contributed by atoms with Crippen molar-refractivity contribution in [1.29, 1.82) is 0 Å².